The molecule has 1 fully saturated rings. The number of piperidine rings is 1. The maximum absolute atomic E-state index is 12.1. The van der Waals surface area contributed by atoms with Crippen molar-refractivity contribution < 1.29 is 4.79 Å². The predicted octanol–water partition coefficient (Wildman–Crippen LogP) is 2.56. The van der Waals surface area contributed by atoms with Crippen molar-refractivity contribution in [1.29, 1.82) is 0 Å². The summed E-state index contributed by atoms with van der Waals surface area (Å²) in [7, 11) is 1.94. The lowest BCUT2D eigenvalue weighted by atomic mass is 10.1. The molecule has 0 saturated carbocycles. The fraction of sp³-hybridized carbons (Fsp3) is 0.462. The van der Waals surface area contributed by atoms with Gasteiger partial charge in [-0.15, -0.1) is 0 Å². The van der Waals surface area contributed by atoms with Gasteiger partial charge in [-0.2, -0.15) is 0 Å². The molecule has 1 atom stereocenters. The minimum absolute atomic E-state index is 0.0442. The van der Waals surface area contributed by atoms with Crippen LogP contribution in [-0.4, -0.2) is 37.1 Å². The monoisotopic (exact) mass is 267 g/mol. The molecule has 0 spiro atoms. The summed E-state index contributed by atoms with van der Waals surface area (Å²) >= 11 is 5.80. The van der Waals surface area contributed by atoms with Gasteiger partial charge >= 0.3 is 6.03 Å². The van der Waals surface area contributed by atoms with Gasteiger partial charge in [0.2, 0.25) is 0 Å². The lowest BCUT2D eigenvalue weighted by Crippen LogP contribution is -2.48. The number of carbonyl (C=O) groups is 1. The van der Waals surface area contributed by atoms with E-state index >= 15 is 0 Å². The quantitative estimate of drug-likeness (QED) is 0.865. The smallest absolute Gasteiger partial charge is 0.321 e. The normalized spacial score (nSPS) is 19.7. The second-order valence-corrected chi connectivity index (χ2v) is 4.95. The van der Waals surface area contributed by atoms with E-state index < -0.39 is 0 Å². The SMILES string of the molecule is CNC1CCCN(C(=O)Nc2ccc(Cl)cc2)C1. The molecule has 1 unspecified atom stereocenters. The Balaban J connectivity index is 1.93. The van der Waals surface area contributed by atoms with Crippen molar-refractivity contribution in [1.82, 2.24) is 10.2 Å². The average molecular weight is 268 g/mol. The summed E-state index contributed by atoms with van der Waals surface area (Å²) in [6.07, 6.45) is 2.17. The van der Waals surface area contributed by atoms with E-state index in [4.69, 9.17) is 11.6 Å². The van der Waals surface area contributed by atoms with Crippen molar-refractivity contribution >= 4 is 23.3 Å². The summed E-state index contributed by atoms with van der Waals surface area (Å²) in [6.45, 7) is 1.58. The molecule has 1 aliphatic rings. The van der Waals surface area contributed by atoms with E-state index in [2.05, 4.69) is 10.6 Å². The highest BCUT2D eigenvalue weighted by atomic mass is 35.5. The number of urea groups is 1. The van der Waals surface area contributed by atoms with Gasteiger partial charge in [-0.05, 0) is 44.2 Å². The van der Waals surface area contributed by atoms with Crippen molar-refractivity contribution in [2.75, 3.05) is 25.5 Å². The number of anilines is 1. The van der Waals surface area contributed by atoms with Gasteiger partial charge in [-0.25, -0.2) is 4.79 Å². The maximum Gasteiger partial charge on any atom is 0.321 e. The van der Waals surface area contributed by atoms with Crippen LogP contribution in [0.25, 0.3) is 0 Å². The van der Waals surface area contributed by atoms with Gasteiger partial charge in [0.1, 0.15) is 0 Å². The number of halogens is 1. The molecule has 0 aromatic heterocycles. The van der Waals surface area contributed by atoms with Crippen molar-refractivity contribution in [2.45, 2.75) is 18.9 Å². The minimum Gasteiger partial charge on any atom is -0.323 e. The third kappa shape index (κ3) is 3.37. The Morgan fingerprint density at radius 1 is 1.39 bits per heavy atom. The fourth-order valence-corrected chi connectivity index (χ4v) is 2.26. The summed E-state index contributed by atoms with van der Waals surface area (Å²) in [5, 5.41) is 6.77. The van der Waals surface area contributed by atoms with Crippen LogP contribution in [0.3, 0.4) is 0 Å². The average Bonchev–Trinajstić information content (AvgIpc) is 2.41. The zero-order valence-corrected chi connectivity index (χ0v) is 11.2. The highest BCUT2D eigenvalue weighted by Crippen LogP contribution is 2.15. The molecule has 18 heavy (non-hydrogen) atoms. The number of carbonyl (C=O) groups excluding carboxylic acids is 1. The highest BCUT2D eigenvalue weighted by Gasteiger charge is 2.22. The van der Waals surface area contributed by atoms with Gasteiger partial charge in [0.25, 0.3) is 0 Å². The van der Waals surface area contributed by atoms with Crippen LogP contribution in [0.2, 0.25) is 5.02 Å². The zero-order valence-electron chi connectivity index (χ0n) is 10.4. The molecule has 2 N–H and O–H groups in total. The molecule has 1 aromatic carbocycles. The third-order valence-electron chi connectivity index (χ3n) is 3.21. The van der Waals surface area contributed by atoms with Crippen LogP contribution >= 0.6 is 11.6 Å². The van der Waals surface area contributed by atoms with E-state index in [9.17, 15) is 4.79 Å². The van der Waals surface area contributed by atoms with Crippen molar-refractivity contribution in [2.24, 2.45) is 0 Å². The second-order valence-electron chi connectivity index (χ2n) is 4.51. The number of rotatable bonds is 2. The summed E-state index contributed by atoms with van der Waals surface area (Å²) < 4.78 is 0. The fourth-order valence-electron chi connectivity index (χ4n) is 2.13. The molecular weight excluding hydrogens is 250 g/mol. The van der Waals surface area contributed by atoms with Crippen LogP contribution in [0.5, 0.6) is 0 Å². The van der Waals surface area contributed by atoms with Gasteiger partial charge in [0, 0.05) is 29.8 Å². The summed E-state index contributed by atoms with van der Waals surface area (Å²) in [4.78, 5) is 13.9. The third-order valence-corrected chi connectivity index (χ3v) is 3.46. The number of hydrogen-bond acceptors (Lipinski definition) is 2. The molecule has 1 heterocycles. The molecule has 1 saturated heterocycles. The Hall–Kier alpha value is -1.26. The van der Waals surface area contributed by atoms with Crippen molar-refractivity contribution in [3.05, 3.63) is 29.3 Å². The molecule has 5 heteroatoms. The first-order valence-corrected chi connectivity index (χ1v) is 6.55. The largest absolute Gasteiger partial charge is 0.323 e. The molecule has 98 valence electrons. The molecular formula is C13H18ClN3O. The Morgan fingerprint density at radius 3 is 2.78 bits per heavy atom. The minimum atomic E-state index is -0.0442. The first-order valence-electron chi connectivity index (χ1n) is 6.18. The van der Waals surface area contributed by atoms with E-state index in [1.807, 2.05) is 11.9 Å². The molecule has 1 aliphatic heterocycles. The van der Waals surface area contributed by atoms with E-state index in [-0.39, 0.29) is 6.03 Å². The number of likely N-dealkylation sites (N-methyl/N-ethyl adjacent to an activating group) is 1. The number of amides is 2. The van der Waals surface area contributed by atoms with Crippen LogP contribution in [0, 0.1) is 0 Å². The lowest BCUT2D eigenvalue weighted by molar-refractivity contribution is 0.187. The van der Waals surface area contributed by atoms with Crippen molar-refractivity contribution in [3.8, 4) is 0 Å². The molecule has 4 nitrogen and oxygen atoms in total. The predicted molar refractivity (Wildman–Crippen MR) is 74.1 cm³/mol. The summed E-state index contributed by atoms with van der Waals surface area (Å²) in [5.74, 6) is 0. The first-order chi connectivity index (χ1) is 8.69. The number of hydrogen-bond donors (Lipinski definition) is 2. The van der Waals surface area contributed by atoms with Gasteiger partial charge < -0.3 is 15.5 Å². The Labute approximate surface area is 112 Å². The second kappa shape index (κ2) is 6.07. The van der Waals surface area contributed by atoms with Crippen LogP contribution in [0.1, 0.15) is 12.8 Å². The van der Waals surface area contributed by atoms with Crippen LogP contribution < -0.4 is 10.6 Å². The van der Waals surface area contributed by atoms with Crippen molar-refractivity contribution in [3.63, 3.8) is 0 Å². The molecule has 0 radical (unpaired) electrons. The van der Waals surface area contributed by atoms with E-state index in [0.717, 1.165) is 31.6 Å². The number of benzene rings is 1. The Kier molecular flexibility index (Phi) is 4.44. The number of likely N-dealkylation sites (tertiary alicyclic amines) is 1. The van der Waals surface area contributed by atoms with Gasteiger partial charge in [0.15, 0.2) is 0 Å². The van der Waals surface area contributed by atoms with E-state index in [1.54, 1.807) is 24.3 Å². The van der Waals surface area contributed by atoms with Gasteiger partial charge in [0.05, 0.1) is 0 Å². The van der Waals surface area contributed by atoms with Crippen LogP contribution in [0.4, 0.5) is 10.5 Å². The Morgan fingerprint density at radius 2 is 2.11 bits per heavy atom. The standard InChI is InChI=1S/C13H18ClN3O/c1-15-12-3-2-8-17(9-12)13(18)16-11-6-4-10(14)5-7-11/h4-7,12,15H,2-3,8-9H2,1H3,(H,16,18). The topological polar surface area (TPSA) is 44.4 Å². The van der Waals surface area contributed by atoms with Gasteiger partial charge in [-0.1, -0.05) is 11.6 Å². The summed E-state index contributed by atoms with van der Waals surface area (Å²) in [5.41, 5.74) is 0.774. The number of nitrogens with one attached hydrogen (secondary N) is 2. The first kappa shape index (κ1) is 13.2. The summed E-state index contributed by atoms with van der Waals surface area (Å²) in [6, 6.07) is 7.50. The van der Waals surface area contributed by atoms with E-state index in [1.165, 1.54) is 0 Å². The van der Waals surface area contributed by atoms with E-state index in [0.29, 0.717) is 11.1 Å². The van der Waals surface area contributed by atoms with Gasteiger partial charge in [-0.3, -0.25) is 0 Å². The molecule has 2 rings (SSSR count). The molecule has 1 aromatic rings. The number of nitrogens with zero attached hydrogens (tertiary/aromatic N) is 1. The maximum atomic E-state index is 12.1. The Bertz CT molecular complexity index is 407. The van der Waals surface area contributed by atoms with Crippen LogP contribution in [-0.2, 0) is 0 Å². The highest BCUT2D eigenvalue weighted by molar-refractivity contribution is 6.30. The molecule has 0 bridgehead atoms. The zero-order chi connectivity index (χ0) is 13.0. The van der Waals surface area contributed by atoms with Crippen LogP contribution in [0.15, 0.2) is 24.3 Å². The lowest BCUT2D eigenvalue weighted by Gasteiger charge is -2.32. The molecule has 0 aliphatic carbocycles. The molecule has 2 amide bonds.